The Hall–Kier alpha value is -3.05. The van der Waals surface area contributed by atoms with Crippen molar-refractivity contribution in [2.75, 3.05) is 48.4 Å². The Labute approximate surface area is 219 Å². The summed E-state index contributed by atoms with van der Waals surface area (Å²) in [6, 6.07) is 3.90. The summed E-state index contributed by atoms with van der Waals surface area (Å²) in [7, 11) is -0.652. The third-order valence-corrected chi connectivity index (χ3v) is 8.67. The second kappa shape index (κ2) is 10.7. The van der Waals surface area contributed by atoms with Crippen LogP contribution in [0.25, 0.3) is 10.8 Å². The minimum atomic E-state index is -2.42. The first kappa shape index (κ1) is 25.6. The first-order valence-electron chi connectivity index (χ1n) is 12.9. The van der Waals surface area contributed by atoms with Crippen LogP contribution >= 0.6 is 0 Å². The molecule has 0 aliphatic carbocycles. The van der Waals surface area contributed by atoms with Gasteiger partial charge in [-0.1, -0.05) is 13.8 Å². The van der Waals surface area contributed by atoms with Crippen LogP contribution in [-0.4, -0.2) is 73.0 Å². The lowest BCUT2D eigenvalue weighted by Crippen LogP contribution is -2.52. The van der Waals surface area contributed by atoms with Crippen LogP contribution < -0.4 is 15.1 Å². The van der Waals surface area contributed by atoms with Crippen molar-refractivity contribution in [1.29, 1.82) is 0 Å². The third kappa shape index (κ3) is 5.33. The van der Waals surface area contributed by atoms with Gasteiger partial charge in [0.15, 0.2) is 0 Å². The van der Waals surface area contributed by atoms with Gasteiger partial charge in [-0.25, -0.2) is 23.4 Å². The fourth-order valence-electron chi connectivity index (χ4n) is 5.08. The Kier molecular flexibility index (Phi) is 7.43. The van der Waals surface area contributed by atoms with Gasteiger partial charge in [0.1, 0.15) is 28.2 Å². The molecule has 0 unspecified atom stereocenters. The van der Waals surface area contributed by atoms with Crippen LogP contribution in [0.2, 0.25) is 0 Å². The molecule has 5 heterocycles. The smallest absolute Gasteiger partial charge is 0.227 e. The largest absolute Gasteiger partial charge is 0.381 e. The maximum absolute atomic E-state index is 11.4. The lowest BCUT2D eigenvalue weighted by Gasteiger charge is -2.42. The van der Waals surface area contributed by atoms with E-state index in [1.807, 2.05) is 18.5 Å². The van der Waals surface area contributed by atoms with Crippen molar-refractivity contribution in [3.8, 4) is 0 Å². The molecule has 1 N–H and O–H groups in total. The highest BCUT2D eigenvalue weighted by Gasteiger charge is 2.34. The van der Waals surface area contributed by atoms with Crippen LogP contribution in [0.3, 0.4) is 0 Å². The monoisotopic (exact) mass is 525 g/mol. The highest BCUT2D eigenvalue weighted by molar-refractivity contribution is 7.73. The summed E-state index contributed by atoms with van der Waals surface area (Å²) in [6.45, 7) is 9.17. The van der Waals surface area contributed by atoms with E-state index < -0.39 is 10.7 Å². The van der Waals surface area contributed by atoms with Gasteiger partial charge in [-0.2, -0.15) is 4.98 Å². The molecule has 198 valence electrons. The Morgan fingerprint density at radius 3 is 2.43 bits per heavy atom. The maximum atomic E-state index is 11.4. The van der Waals surface area contributed by atoms with E-state index in [1.54, 1.807) is 20.2 Å². The average Bonchev–Trinajstić information content (AvgIpc) is 2.87. The molecule has 2 aliphatic heterocycles. The van der Waals surface area contributed by atoms with Crippen molar-refractivity contribution in [2.45, 2.75) is 50.9 Å². The van der Waals surface area contributed by atoms with Crippen LogP contribution in [0.15, 0.2) is 30.7 Å². The molecule has 0 spiro atoms. The summed E-state index contributed by atoms with van der Waals surface area (Å²) >= 11 is 0. The molecule has 11 heteroatoms. The van der Waals surface area contributed by atoms with E-state index in [0.717, 1.165) is 48.1 Å². The van der Waals surface area contributed by atoms with Gasteiger partial charge in [-0.3, -0.25) is 0 Å². The molecule has 2 fully saturated rings. The van der Waals surface area contributed by atoms with Gasteiger partial charge in [-0.15, -0.1) is 0 Å². The van der Waals surface area contributed by atoms with Gasteiger partial charge in [0.25, 0.3) is 0 Å². The van der Waals surface area contributed by atoms with Crippen LogP contribution in [0.4, 0.5) is 23.4 Å². The van der Waals surface area contributed by atoms with Crippen LogP contribution in [0.1, 0.15) is 45.1 Å². The van der Waals surface area contributed by atoms with Gasteiger partial charge in [0, 0.05) is 63.2 Å². The van der Waals surface area contributed by atoms with Crippen LogP contribution in [0, 0.1) is 5.92 Å². The topological polar surface area (TPSA) is 113 Å². The number of fused-ring (bicyclic) bond motifs is 1. The molecule has 10 nitrogen and oxygen atoms in total. The lowest BCUT2D eigenvalue weighted by atomic mass is 9.94. The number of anilines is 4. The molecular weight excluding hydrogens is 490 g/mol. The van der Waals surface area contributed by atoms with Crippen molar-refractivity contribution < 1.29 is 13.2 Å². The summed E-state index contributed by atoms with van der Waals surface area (Å²) < 4.78 is 28.3. The predicted molar refractivity (Wildman–Crippen MR) is 147 cm³/mol. The Balaban J connectivity index is 1.38. The van der Waals surface area contributed by atoms with Gasteiger partial charge in [0.2, 0.25) is 5.95 Å². The number of aromatic nitrogens is 4. The van der Waals surface area contributed by atoms with Gasteiger partial charge >= 0.3 is 0 Å². The SMILES string of the molecule is COC1CCN(c2nccc(Nc3cc4c(C(C)C)cnc(N5CC([C@H](C)[SH](=O)=O)C5)c4cn3)n2)CC1. The Bertz CT molecular complexity index is 1330. The predicted octanol–water partition coefficient (Wildman–Crippen LogP) is 3.34. The molecule has 37 heavy (non-hydrogen) atoms. The van der Waals surface area contributed by atoms with E-state index >= 15 is 0 Å². The lowest BCUT2D eigenvalue weighted by molar-refractivity contribution is 0.0816. The van der Waals surface area contributed by atoms with E-state index in [0.29, 0.717) is 36.8 Å². The maximum Gasteiger partial charge on any atom is 0.227 e. The molecule has 0 radical (unpaired) electrons. The standard InChI is InChI=1S/C26H35N7O3S/c1-16(2)21-12-29-25(33-14-18(15-33)17(3)37(34)35)22-13-28-24(11-20(21)22)30-23-5-8-27-26(31-23)32-9-6-19(36-4)7-10-32/h5,8,11-13,16-19,37H,6-7,9-10,14-15H2,1-4H3,(H,27,28,30,31)/t17-/m0/s1. The van der Waals surface area contributed by atoms with E-state index in [-0.39, 0.29) is 17.1 Å². The van der Waals surface area contributed by atoms with Gasteiger partial charge < -0.3 is 19.9 Å². The molecule has 1 atom stereocenters. The number of hydrogen-bond donors (Lipinski definition) is 2. The fraction of sp³-hybridized carbons (Fsp3) is 0.538. The molecule has 2 aliphatic rings. The molecule has 3 aromatic heterocycles. The van der Waals surface area contributed by atoms with Crippen molar-refractivity contribution in [3.05, 3.63) is 36.3 Å². The number of rotatable bonds is 8. The van der Waals surface area contributed by atoms with Crippen molar-refractivity contribution >= 4 is 44.9 Å². The van der Waals surface area contributed by atoms with Crippen molar-refractivity contribution in [3.63, 3.8) is 0 Å². The molecule has 0 aromatic carbocycles. The zero-order chi connectivity index (χ0) is 26.1. The number of ether oxygens (including phenoxy) is 1. The summed E-state index contributed by atoms with van der Waals surface area (Å²) in [4.78, 5) is 23.0. The van der Waals surface area contributed by atoms with E-state index in [2.05, 4.69) is 45.0 Å². The summed E-state index contributed by atoms with van der Waals surface area (Å²) in [5.74, 6) is 3.37. The number of hydrogen-bond acceptors (Lipinski definition) is 10. The number of thiol groups is 1. The second-order valence-electron chi connectivity index (χ2n) is 10.3. The summed E-state index contributed by atoms with van der Waals surface area (Å²) in [6.07, 6.45) is 7.79. The van der Waals surface area contributed by atoms with E-state index in [1.165, 1.54) is 0 Å². The molecule has 2 saturated heterocycles. The summed E-state index contributed by atoms with van der Waals surface area (Å²) in [5, 5.41) is 5.08. The molecule has 0 amide bonds. The van der Waals surface area contributed by atoms with Crippen molar-refractivity contribution in [1.82, 2.24) is 19.9 Å². The van der Waals surface area contributed by atoms with Crippen LogP contribution in [0.5, 0.6) is 0 Å². The number of nitrogens with one attached hydrogen (secondary N) is 1. The molecular formula is C26H35N7O3S. The molecule has 5 rings (SSSR count). The molecule has 0 bridgehead atoms. The van der Waals surface area contributed by atoms with Crippen molar-refractivity contribution in [2.24, 2.45) is 5.92 Å². The number of methoxy groups -OCH3 is 1. The first-order valence-corrected chi connectivity index (χ1v) is 14.1. The fourth-order valence-corrected chi connectivity index (χ4v) is 5.61. The number of nitrogens with zero attached hydrogens (tertiary/aromatic N) is 6. The highest BCUT2D eigenvalue weighted by Crippen LogP contribution is 2.36. The van der Waals surface area contributed by atoms with Gasteiger partial charge in [-0.05, 0) is 48.8 Å². The number of piperidine rings is 1. The van der Waals surface area contributed by atoms with E-state index in [4.69, 9.17) is 14.7 Å². The summed E-state index contributed by atoms with van der Waals surface area (Å²) in [5.41, 5.74) is 1.14. The third-order valence-electron chi connectivity index (χ3n) is 7.59. The van der Waals surface area contributed by atoms with Gasteiger partial charge in [0.05, 0.1) is 11.4 Å². The average molecular weight is 526 g/mol. The minimum absolute atomic E-state index is 0.129. The minimum Gasteiger partial charge on any atom is -0.381 e. The van der Waals surface area contributed by atoms with Crippen LogP contribution in [-0.2, 0) is 15.4 Å². The quantitative estimate of drug-likeness (QED) is 0.425. The zero-order valence-electron chi connectivity index (χ0n) is 21.8. The highest BCUT2D eigenvalue weighted by atomic mass is 32.2. The Morgan fingerprint density at radius 1 is 1.00 bits per heavy atom. The van der Waals surface area contributed by atoms with E-state index in [9.17, 15) is 8.42 Å². The number of pyridine rings is 2. The zero-order valence-corrected chi connectivity index (χ0v) is 22.7. The molecule has 3 aromatic rings. The second-order valence-corrected chi connectivity index (χ2v) is 11.7. The normalized spacial score (nSPS) is 18.0. The first-order chi connectivity index (χ1) is 17.8. The molecule has 0 saturated carbocycles. The Morgan fingerprint density at radius 2 is 1.76 bits per heavy atom.